The molecule has 1 aliphatic heterocycles. The maximum atomic E-state index is 13.0. The number of hydroxylamine groups is 3. The van der Waals surface area contributed by atoms with E-state index in [0.717, 1.165) is 17.2 Å². The van der Waals surface area contributed by atoms with Gasteiger partial charge in [0.1, 0.15) is 11.9 Å². The summed E-state index contributed by atoms with van der Waals surface area (Å²) < 4.78 is 13.6. The molecule has 3 rings (SSSR count). The molecule has 1 N–H and O–H groups in total. The Morgan fingerprint density at radius 3 is 2.61 bits per heavy atom. The van der Waals surface area contributed by atoms with Crippen molar-refractivity contribution in [3.05, 3.63) is 63.2 Å². The number of hydrogen-bond acceptors (Lipinski definition) is 5. The summed E-state index contributed by atoms with van der Waals surface area (Å²) in [6.07, 6.45) is 0. The molecule has 23 heavy (non-hydrogen) atoms. The molecule has 2 heterocycles. The molecule has 2 atom stereocenters. The summed E-state index contributed by atoms with van der Waals surface area (Å²) in [5.41, 5.74) is -1.30. The Labute approximate surface area is 136 Å². The van der Waals surface area contributed by atoms with Crippen LogP contribution in [0.1, 0.15) is 29.1 Å². The third kappa shape index (κ3) is 2.28. The van der Waals surface area contributed by atoms with E-state index in [-0.39, 0.29) is 5.56 Å². The monoisotopic (exact) mass is 334 g/mol. The minimum absolute atomic E-state index is 0.161. The molecule has 2 aromatic rings. The molecule has 0 unspecified atom stereocenters. The summed E-state index contributed by atoms with van der Waals surface area (Å²) in [5.74, 6) is -1.06. The van der Waals surface area contributed by atoms with Crippen LogP contribution in [0.25, 0.3) is 0 Å². The van der Waals surface area contributed by atoms with Crippen molar-refractivity contribution in [1.82, 2.24) is 5.06 Å². The average Bonchev–Trinajstić information content (AvgIpc) is 3.12. The number of rotatable bonds is 3. The van der Waals surface area contributed by atoms with E-state index in [0.29, 0.717) is 15.3 Å². The molecule has 0 aliphatic carbocycles. The van der Waals surface area contributed by atoms with Gasteiger partial charge in [0.2, 0.25) is 5.71 Å². The number of hydrogen-bond donors (Lipinski definition) is 1. The van der Waals surface area contributed by atoms with Gasteiger partial charge in [-0.25, -0.2) is 4.39 Å². The molecular formula is C16H15FN2O3S. The fraction of sp³-hybridized carbons (Fsp3) is 0.250. The SMILES string of the molecule is C[C@H]1C(c2cccs2)=[N+]([O-])[C@](C)(C(=O)c2ccc(F)cc2)N1O. The van der Waals surface area contributed by atoms with Gasteiger partial charge in [-0.1, -0.05) is 6.07 Å². The van der Waals surface area contributed by atoms with E-state index in [9.17, 15) is 19.6 Å². The summed E-state index contributed by atoms with van der Waals surface area (Å²) >= 11 is 1.36. The van der Waals surface area contributed by atoms with Crippen molar-refractivity contribution in [2.24, 2.45) is 0 Å². The lowest BCUT2D eigenvalue weighted by Gasteiger charge is -2.27. The molecule has 0 saturated heterocycles. The van der Waals surface area contributed by atoms with Gasteiger partial charge in [0, 0.05) is 12.5 Å². The lowest BCUT2D eigenvalue weighted by Crippen LogP contribution is -2.54. The van der Waals surface area contributed by atoms with Crippen molar-refractivity contribution in [3.8, 4) is 0 Å². The number of nitrogens with zero attached hydrogens (tertiary/aromatic N) is 2. The highest BCUT2D eigenvalue weighted by Gasteiger charge is 2.58. The topological polar surface area (TPSA) is 66.6 Å². The van der Waals surface area contributed by atoms with Gasteiger partial charge < -0.3 is 10.4 Å². The van der Waals surface area contributed by atoms with Gasteiger partial charge in [-0.15, -0.1) is 16.4 Å². The van der Waals surface area contributed by atoms with Crippen LogP contribution in [0.15, 0.2) is 41.8 Å². The van der Waals surface area contributed by atoms with Gasteiger partial charge in [0.25, 0.3) is 5.78 Å². The van der Waals surface area contributed by atoms with E-state index >= 15 is 0 Å². The number of carbonyl (C=O) groups is 1. The maximum Gasteiger partial charge on any atom is 0.312 e. The summed E-state index contributed by atoms with van der Waals surface area (Å²) in [6.45, 7) is 3.02. The lowest BCUT2D eigenvalue weighted by atomic mass is 9.99. The predicted molar refractivity (Wildman–Crippen MR) is 84.3 cm³/mol. The highest BCUT2D eigenvalue weighted by molar-refractivity contribution is 7.12. The van der Waals surface area contributed by atoms with Gasteiger partial charge in [-0.2, -0.15) is 4.74 Å². The van der Waals surface area contributed by atoms with Crippen LogP contribution in [0.5, 0.6) is 0 Å². The first kappa shape index (κ1) is 15.8. The van der Waals surface area contributed by atoms with Crippen LogP contribution in [0.2, 0.25) is 0 Å². The van der Waals surface area contributed by atoms with Crippen LogP contribution in [-0.4, -0.2) is 38.2 Å². The quantitative estimate of drug-likeness (QED) is 0.532. The van der Waals surface area contributed by atoms with E-state index in [1.54, 1.807) is 19.1 Å². The molecule has 0 fully saturated rings. The summed E-state index contributed by atoms with van der Waals surface area (Å²) in [5, 5.41) is 25.8. The van der Waals surface area contributed by atoms with Gasteiger partial charge in [0.05, 0.1) is 4.88 Å². The van der Waals surface area contributed by atoms with Gasteiger partial charge >= 0.3 is 5.66 Å². The zero-order valence-electron chi connectivity index (χ0n) is 12.6. The van der Waals surface area contributed by atoms with Crippen molar-refractivity contribution in [3.63, 3.8) is 0 Å². The van der Waals surface area contributed by atoms with E-state index < -0.39 is 23.3 Å². The van der Waals surface area contributed by atoms with Crippen molar-refractivity contribution >= 4 is 22.8 Å². The number of benzene rings is 1. The first-order valence-corrected chi connectivity index (χ1v) is 7.92. The molecule has 0 radical (unpaired) electrons. The van der Waals surface area contributed by atoms with Crippen molar-refractivity contribution in [2.45, 2.75) is 25.6 Å². The highest BCUT2D eigenvalue weighted by atomic mass is 32.1. The first-order chi connectivity index (χ1) is 10.9. The molecule has 120 valence electrons. The van der Waals surface area contributed by atoms with E-state index in [1.807, 2.05) is 5.38 Å². The maximum absolute atomic E-state index is 13.0. The smallest absolute Gasteiger partial charge is 0.312 e. The Hall–Kier alpha value is -2.09. The molecule has 5 nitrogen and oxygen atoms in total. The Balaban J connectivity index is 2.09. The van der Waals surface area contributed by atoms with Crippen LogP contribution >= 0.6 is 11.3 Å². The normalized spacial score (nSPS) is 25.1. The van der Waals surface area contributed by atoms with E-state index in [4.69, 9.17) is 0 Å². The van der Waals surface area contributed by atoms with Crippen molar-refractivity contribution < 1.29 is 19.1 Å². The largest absolute Gasteiger partial charge is 0.622 e. The molecule has 0 spiro atoms. The van der Waals surface area contributed by atoms with Gasteiger partial charge in [-0.3, -0.25) is 4.79 Å². The summed E-state index contributed by atoms with van der Waals surface area (Å²) in [7, 11) is 0. The van der Waals surface area contributed by atoms with Crippen LogP contribution < -0.4 is 0 Å². The fourth-order valence-electron chi connectivity index (χ4n) is 2.79. The second-order valence-corrected chi connectivity index (χ2v) is 6.48. The Morgan fingerprint density at radius 1 is 1.39 bits per heavy atom. The predicted octanol–water partition coefficient (Wildman–Crippen LogP) is 2.88. The average molecular weight is 334 g/mol. The molecule has 1 aromatic heterocycles. The molecule has 7 heteroatoms. The number of halogens is 1. The minimum atomic E-state index is -1.80. The van der Waals surface area contributed by atoms with Gasteiger partial charge in [0.15, 0.2) is 0 Å². The molecule has 1 aliphatic rings. The Bertz CT molecular complexity index is 773. The third-order valence-corrected chi connectivity index (χ3v) is 5.03. The molecule has 0 bridgehead atoms. The first-order valence-electron chi connectivity index (χ1n) is 7.04. The lowest BCUT2D eigenvalue weighted by molar-refractivity contribution is -0.561. The van der Waals surface area contributed by atoms with E-state index in [2.05, 4.69) is 0 Å². The van der Waals surface area contributed by atoms with E-state index in [1.165, 1.54) is 30.4 Å². The zero-order valence-corrected chi connectivity index (χ0v) is 13.4. The number of ketones is 1. The Kier molecular flexibility index (Phi) is 3.79. The zero-order chi connectivity index (χ0) is 16.8. The van der Waals surface area contributed by atoms with Crippen molar-refractivity contribution in [2.75, 3.05) is 0 Å². The highest BCUT2D eigenvalue weighted by Crippen LogP contribution is 2.32. The Morgan fingerprint density at radius 2 is 2.04 bits per heavy atom. The standard InChI is InChI=1S/C16H15FN2O3S/c1-10-14(13-4-3-9-23-13)19(22)16(2,18(10)21)15(20)11-5-7-12(17)8-6-11/h3-10,21H,1-2H3/t10-,16+/m0/s1. The van der Waals surface area contributed by atoms with Crippen molar-refractivity contribution in [1.29, 1.82) is 0 Å². The van der Waals surface area contributed by atoms with Crippen LogP contribution in [0.3, 0.4) is 0 Å². The summed E-state index contributed by atoms with van der Waals surface area (Å²) in [4.78, 5) is 13.5. The van der Waals surface area contributed by atoms with Crippen LogP contribution in [0, 0.1) is 11.0 Å². The number of thiophene rings is 1. The van der Waals surface area contributed by atoms with Crippen LogP contribution in [0.4, 0.5) is 4.39 Å². The molecular weight excluding hydrogens is 319 g/mol. The fourth-order valence-corrected chi connectivity index (χ4v) is 3.63. The summed E-state index contributed by atoms with van der Waals surface area (Å²) in [6, 6.07) is 7.83. The molecule has 0 amide bonds. The minimum Gasteiger partial charge on any atom is -0.622 e. The number of Topliss-reactive ketones (excluding diaryl/α,β-unsaturated/α-hetero) is 1. The molecule has 0 saturated carbocycles. The second kappa shape index (κ2) is 5.52. The second-order valence-electron chi connectivity index (χ2n) is 5.53. The molecule has 1 aromatic carbocycles. The third-order valence-electron chi connectivity index (χ3n) is 4.13. The van der Waals surface area contributed by atoms with Gasteiger partial charge in [-0.05, 0) is 42.6 Å². The number of carbonyl (C=O) groups excluding carboxylic acids is 1. The van der Waals surface area contributed by atoms with Crippen LogP contribution in [-0.2, 0) is 0 Å².